The van der Waals surface area contributed by atoms with Gasteiger partial charge in [0.2, 0.25) is 5.91 Å². The molecule has 1 aliphatic carbocycles. The molecule has 1 amide bonds. The van der Waals surface area contributed by atoms with Crippen LogP contribution in [0.1, 0.15) is 24.8 Å². The number of carbonyl (C=O) groups excluding carboxylic acids is 1. The van der Waals surface area contributed by atoms with E-state index in [2.05, 4.69) is 10.4 Å². The van der Waals surface area contributed by atoms with Gasteiger partial charge < -0.3 is 11.1 Å². The van der Waals surface area contributed by atoms with Crippen molar-refractivity contribution >= 4 is 5.91 Å². The van der Waals surface area contributed by atoms with Gasteiger partial charge in [0.15, 0.2) is 0 Å². The predicted molar refractivity (Wildman–Crippen MR) is 60.4 cm³/mol. The van der Waals surface area contributed by atoms with Crippen LogP contribution in [0.3, 0.4) is 0 Å². The van der Waals surface area contributed by atoms with E-state index < -0.39 is 0 Å². The van der Waals surface area contributed by atoms with E-state index in [-0.39, 0.29) is 17.9 Å². The molecule has 0 spiro atoms. The summed E-state index contributed by atoms with van der Waals surface area (Å²) >= 11 is 0. The van der Waals surface area contributed by atoms with Crippen molar-refractivity contribution in [3.05, 3.63) is 18.0 Å². The molecule has 0 aromatic carbocycles. The zero-order valence-corrected chi connectivity index (χ0v) is 9.52. The number of aryl methyl sites for hydroxylation is 1. The summed E-state index contributed by atoms with van der Waals surface area (Å²) in [6.07, 6.45) is 6.84. The Bertz CT molecular complexity index is 374. The predicted octanol–water partition coefficient (Wildman–Crippen LogP) is 0.164. The molecule has 16 heavy (non-hydrogen) atoms. The Hall–Kier alpha value is -1.36. The molecule has 0 saturated heterocycles. The zero-order valence-electron chi connectivity index (χ0n) is 9.52. The van der Waals surface area contributed by atoms with Crippen LogP contribution in [-0.4, -0.2) is 21.7 Å². The number of nitrogens with zero attached hydrogens (tertiary/aromatic N) is 2. The van der Waals surface area contributed by atoms with Crippen molar-refractivity contribution in [3.8, 4) is 0 Å². The average molecular weight is 222 g/mol. The van der Waals surface area contributed by atoms with E-state index in [1.165, 1.54) is 0 Å². The number of nitrogens with two attached hydrogens (primary N) is 1. The van der Waals surface area contributed by atoms with Crippen molar-refractivity contribution in [2.45, 2.75) is 31.8 Å². The molecule has 1 saturated carbocycles. The maximum Gasteiger partial charge on any atom is 0.222 e. The van der Waals surface area contributed by atoms with Gasteiger partial charge >= 0.3 is 0 Å². The summed E-state index contributed by atoms with van der Waals surface area (Å²) < 4.78 is 1.78. The minimum absolute atomic E-state index is 0.00308. The van der Waals surface area contributed by atoms with Crippen LogP contribution in [0.25, 0.3) is 0 Å². The number of amides is 1. The quantitative estimate of drug-likeness (QED) is 0.762. The number of nitrogens with one attached hydrogen (secondary N) is 1. The van der Waals surface area contributed by atoms with Crippen LogP contribution in [-0.2, 0) is 18.4 Å². The van der Waals surface area contributed by atoms with Crippen molar-refractivity contribution in [2.75, 3.05) is 0 Å². The summed E-state index contributed by atoms with van der Waals surface area (Å²) in [5.74, 6) is -0.183. The molecule has 1 aromatic rings. The molecule has 3 N–H and O–H groups in total. The highest BCUT2D eigenvalue weighted by Gasteiger charge is 2.30. The van der Waals surface area contributed by atoms with Gasteiger partial charge in [-0.2, -0.15) is 5.10 Å². The summed E-state index contributed by atoms with van der Waals surface area (Å²) in [7, 11) is 1.89. The van der Waals surface area contributed by atoms with Crippen LogP contribution in [0.5, 0.6) is 0 Å². The van der Waals surface area contributed by atoms with E-state index in [9.17, 15) is 4.79 Å². The van der Waals surface area contributed by atoms with Crippen molar-refractivity contribution in [2.24, 2.45) is 18.7 Å². The molecule has 1 heterocycles. The number of primary amides is 1. The van der Waals surface area contributed by atoms with E-state index in [1.54, 1.807) is 4.68 Å². The molecule has 2 rings (SSSR count). The maximum atomic E-state index is 11.2. The molecule has 1 fully saturated rings. The van der Waals surface area contributed by atoms with Gasteiger partial charge in [-0.1, -0.05) is 6.42 Å². The van der Waals surface area contributed by atoms with Crippen LogP contribution in [0.15, 0.2) is 12.4 Å². The lowest BCUT2D eigenvalue weighted by atomic mass is 10.0. The van der Waals surface area contributed by atoms with E-state index >= 15 is 0 Å². The first kappa shape index (κ1) is 11.1. The Morgan fingerprint density at radius 2 is 2.50 bits per heavy atom. The first-order valence-corrected chi connectivity index (χ1v) is 5.67. The fraction of sp³-hybridized carbons (Fsp3) is 0.636. The molecule has 5 nitrogen and oxygen atoms in total. The highest BCUT2D eigenvalue weighted by Crippen LogP contribution is 2.25. The SMILES string of the molecule is Cn1cc(CNC2CCCC2C(N)=O)cn1. The minimum atomic E-state index is -0.179. The van der Waals surface area contributed by atoms with Gasteiger partial charge in [0, 0.05) is 31.4 Å². The van der Waals surface area contributed by atoms with Crippen LogP contribution in [0.2, 0.25) is 0 Å². The highest BCUT2D eigenvalue weighted by molar-refractivity contribution is 5.77. The molecule has 0 radical (unpaired) electrons. The Kier molecular flexibility index (Phi) is 3.24. The number of hydrogen-bond donors (Lipinski definition) is 2. The molecule has 2 unspecified atom stereocenters. The number of carbonyl (C=O) groups is 1. The lowest BCUT2D eigenvalue weighted by molar-refractivity contribution is -0.122. The summed E-state index contributed by atoms with van der Waals surface area (Å²) in [6.45, 7) is 0.752. The third kappa shape index (κ3) is 2.41. The molecule has 0 aliphatic heterocycles. The molecule has 1 aromatic heterocycles. The van der Waals surface area contributed by atoms with Gasteiger partial charge in [-0.25, -0.2) is 0 Å². The second kappa shape index (κ2) is 4.65. The minimum Gasteiger partial charge on any atom is -0.369 e. The van der Waals surface area contributed by atoms with E-state index in [0.29, 0.717) is 0 Å². The normalized spacial score (nSPS) is 24.8. The van der Waals surface area contributed by atoms with Gasteiger partial charge in [-0.15, -0.1) is 0 Å². The molecule has 5 heteroatoms. The van der Waals surface area contributed by atoms with Gasteiger partial charge in [-0.3, -0.25) is 9.48 Å². The maximum absolute atomic E-state index is 11.2. The largest absolute Gasteiger partial charge is 0.369 e. The Morgan fingerprint density at radius 3 is 3.12 bits per heavy atom. The van der Waals surface area contributed by atoms with Gasteiger partial charge in [-0.05, 0) is 12.8 Å². The van der Waals surface area contributed by atoms with Gasteiger partial charge in [0.1, 0.15) is 0 Å². The summed E-state index contributed by atoms with van der Waals surface area (Å²) in [5, 5.41) is 7.49. The van der Waals surface area contributed by atoms with Crippen LogP contribution < -0.4 is 11.1 Å². The van der Waals surface area contributed by atoms with Crippen molar-refractivity contribution in [3.63, 3.8) is 0 Å². The third-order valence-corrected chi connectivity index (χ3v) is 3.21. The molecular formula is C11H18N4O. The third-order valence-electron chi connectivity index (χ3n) is 3.21. The standard InChI is InChI=1S/C11H18N4O/c1-15-7-8(6-14-15)5-13-10-4-2-3-9(10)11(12)16/h6-7,9-10,13H,2-5H2,1H3,(H2,12,16). The van der Waals surface area contributed by atoms with Crippen molar-refractivity contribution in [1.29, 1.82) is 0 Å². The van der Waals surface area contributed by atoms with Crippen molar-refractivity contribution < 1.29 is 4.79 Å². The monoisotopic (exact) mass is 222 g/mol. The Morgan fingerprint density at radius 1 is 1.69 bits per heavy atom. The smallest absolute Gasteiger partial charge is 0.222 e. The van der Waals surface area contributed by atoms with E-state index in [4.69, 9.17) is 5.73 Å². The number of aromatic nitrogens is 2. The number of hydrogen-bond acceptors (Lipinski definition) is 3. The Balaban J connectivity index is 1.87. The molecular weight excluding hydrogens is 204 g/mol. The summed E-state index contributed by atoms with van der Waals surface area (Å²) in [4.78, 5) is 11.2. The lowest BCUT2D eigenvalue weighted by Gasteiger charge is -2.17. The fourth-order valence-electron chi connectivity index (χ4n) is 2.36. The molecule has 88 valence electrons. The van der Waals surface area contributed by atoms with Crippen LogP contribution in [0, 0.1) is 5.92 Å². The second-order valence-electron chi connectivity index (χ2n) is 4.45. The van der Waals surface area contributed by atoms with Gasteiger partial charge in [0.25, 0.3) is 0 Å². The molecule has 1 aliphatic rings. The van der Waals surface area contributed by atoms with Gasteiger partial charge in [0.05, 0.1) is 12.1 Å². The molecule has 2 atom stereocenters. The first-order chi connectivity index (χ1) is 7.66. The average Bonchev–Trinajstić information content (AvgIpc) is 2.83. The van der Waals surface area contributed by atoms with E-state index in [1.807, 2.05) is 19.4 Å². The van der Waals surface area contributed by atoms with Crippen LogP contribution >= 0.6 is 0 Å². The first-order valence-electron chi connectivity index (χ1n) is 5.67. The van der Waals surface area contributed by atoms with E-state index in [0.717, 1.165) is 31.4 Å². The Labute approximate surface area is 95.0 Å². The lowest BCUT2D eigenvalue weighted by Crippen LogP contribution is -2.38. The highest BCUT2D eigenvalue weighted by atomic mass is 16.1. The zero-order chi connectivity index (χ0) is 11.5. The fourth-order valence-corrected chi connectivity index (χ4v) is 2.36. The summed E-state index contributed by atoms with van der Waals surface area (Å²) in [5.41, 5.74) is 6.50. The second-order valence-corrected chi connectivity index (χ2v) is 4.45. The van der Waals surface area contributed by atoms with Crippen LogP contribution in [0.4, 0.5) is 0 Å². The van der Waals surface area contributed by atoms with Crippen molar-refractivity contribution in [1.82, 2.24) is 15.1 Å². The topological polar surface area (TPSA) is 72.9 Å². The number of rotatable bonds is 4. The summed E-state index contributed by atoms with van der Waals surface area (Å²) in [6, 6.07) is 0.234. The molecule has 0 bridgehead atoms.